The van der Waals surface area contributed by atoms with Gasteiger partial charge in [-0.25, -0.2) is 18.7 Å². The van der Waals surface area contributed by atoms with Gasteiger partial charge in [-0.05, 0) is 43.9 Å². The van der Waals surface area contributed by atoms with E-state index in [0.717, 1.165) is 31.4 Å². The van der Waals surface area contributed by atoms with Crippen LogP contribution in [0, 0.1) is 11.6 Å². The molecule has 2 fully saturated rings. The molecule has 1 amide bonds. The third-order valence-electron chi connectivity index (χ3n) is 5.39. The number of aromatic nitrogens is 3. The molecular formula is C20H19F2N5O. The molecule has 5 rings (SSSR count). The lowest BCUT2D eigenvalue weighted by atomic mass is 10.0. The second-order valence-electron chi connectivity index (χ2n) is 7.38. The lowest BCUT2D eigenvalue weighted by molar-refractivity contribution is 0.0945. The van der Waals surface area contributed by atoms with Gasteiger partial charge in [-0.1, -0.05) is 0 Å². The second kappa shape index (κ2) is 6.54. The third-order valence-corrected chi connectivity index (χ3v) is 5.39. The van der Waals surface area contributed by atoms with E-state index in [-0.39, 0.29) is 18.0 Å². The minimum absolute atomic E-state index is 0.165. The van der Waals surface area contributed by atoms with E-state index >= 15 is 0 Å². The van der Waals surface area contributed by atoms with Gasteiger partial charge in [0.05, 0.1) is 24.6 Å². The van der Waals surface area contributed by atoms with Gasteiger partial charge in [0.1, 0.15) is 23.1 Å². The Morgan fingerprint density at radius 1 is 1.14 bits per heavy atom. The summed E-state index contributed by atoms with van der Waals surface area (Å²) >= 11 is 0. The van der Waals surface area contributed by atoms with E-state index in [1.54, 1.807) is 16.8 Å². The molecule has 1 aliphatic carbocycles. The maximum absolute atomic E-state index is 14.3. The zero-order valence-corrected chi connectivity index (χ0v) is 15.1. The highest BCUT2D eigenvalue weighted by Gasteiger charge is 2.30. The van der Waals surface area contributed by atoms with E-state index in [0.29, 0.717) is 35.7 Å². The number of halogens is 2. The molecule has 3 heterocycles. The molecular weight excluding hydrogens is 364 g/mol. The van der Waals surface area contributed by atoms with Gasteiger partial charge in [0, 0.05) is 18.2 Å². The number of imidazole rings is 1. The quantitative estimate of drug-likeness (QED) is 0.751. The highest BCUT2D eigenvalue weighted by atomic mass is 19.1. The highest BCUT2D eigenvalue weighted by molar-refractivity contribution is 5.93. The summed E-state index contributed by atoms with van der Waals surface area (Å²) in [4.78, 5) is 23.1. The van der Waals surface area contributed by atoms with Gasteiger partial charge in [0.2, 0.25) is 0 Å². The molecule has 8 heteroatoms. The van der Waals surface area contributed by atoms with Crippen molar-refractivity contribution in [2.45, 2.75) is 37.8 Å². The van der Waals surface area contributed by atoms with Crippen LogP contribution in [-0.4, -0.2) is 32.9 Å². The van der Waals surface area contributed by atoms with Crippen LogP contribution in [0.4, 0.5) is 14.6 Å². The van der Waals surface area contributed by atoms with Crippen molar-refractivity contribution in [3.05, 3.63) is 59.7 Å². The van der Waals surface area contributed by atoms with Crippen LogP contribution < -0.4 is 10.2 Å². The summed E-state index contributed by atoms with van der Waals surface area (Å²) in [6, 6.07) is 3.49. The average Bonchev–Trinajstić information content (AvgIpc) is 3.20. The molecule has 1 aliphatic heterocycles. The van der Waals surface area contributed by atoms with E-state index in [1.807, 2.05) is 4.90 Å². The van der Waals surface area contributed by atoms with E-state index in [9.17, 15) is 13.6 Å². The monoisotopic (exact) mass is 383 g/mol. The van der Waals surface area contributed by atoms with Crippen molar-refractivity contribution in [3.8, 4) is 0 Å². The molecule has 0 radical (unpaired) electrons. The molecule has 1 N–H and O–H groups in total. The zero-order chi connectivity index (χ0) is 19.3. The topological polar surface area (TPSA) is 62.5 Å². The predicted octanol–water partition coefficient (Wildman–Crippen LogP) is 3.24. The van der Waals surface area contributed by atoms with Crippen LogP contribution in [0.25, 0.3) is 5.65 Å². The fraction of sp³-hybridized carbons (Fsp3) is 0.350. The molecule has 2 aromatic heterocycles. The zero-order valence-electron chi connectivity index (χ0n) is 15.1. The van der Waals surface area contributed by atoms with Crippen LogP contribution in [0.3, 0.4) is 0 Å². The normalized spacial score (nSPS) is 19.4. The molecule has 144 valence electrons. The first kappa shape index (κ1) is 17.1. The molecule has 1 saturated carbocycles. The van der Waals surface area contributed by atoms with E-state index in [2.05, 4.69) is 15.3 Å². The van der Waals surface area contributed by atoms with E-state index < -0.39 is 11.6 Å². The molecule has 6 nitrogen and oxygen atoms in total. The second-order valence-corrected chi connectivity index (χ2v) is 7.38. The SMILES string of the molecule is O=C(NC1CC1)c1cnc2cnc(N3CCC[C@@H]3c3cc(F)ccc3F)cn12. The molecule has 2 aliphatic rings. The minimum atomic E-state index is -0.458. The summed E-state index contributed by atoms with van der Waals surface area (Å²) in [7, 11) is 0. The first-order valence-corrected chi connectivity index (χ1v) is 9.46. The molecule has 0 spiro atoms. The number of hydrogen-bond acceptors (Lipinski definition) is 4. The molecule has 0 bridgehead atoms. The van der Waals surface area contributed by atoms with Crippen molar-refractivity contribution in [2.75, 3.05) is 11.4 Å². The lowest BCUT2D eigenvalue weighted by Crippen LogP contribution is -2.27. The molecule has 1 saturated heterocycles. The number of hydrogen-bond donors (Lipinski definition) is 1. The average molecular weight is 383 g/mol. The molecule has 28 heavy (non-hydrogen) atoms. The Labute approximate surface area is 160 Å². The Hall–Kier alpha value is -3.03. The van der Waals surface area contributed by atoms with Crippen molar-refractivity contribution in [1.29, 1.82) is 0 Å². The van der Waals surface area contributed by atoms with Gasteiger partial charge in [-0.2, -0.15) is 0 Å². The van der Waals surface area contributed by atoms with Crippen LogP contribution in [0.5, 0.6) is 0 Å². The summed E-state index contributed by atoms with van der Waals surface area (Å²) in [6.45, 7) is 0.678. The van der Waals surface area contributed by atoms with Crippen molar-refractivity contribution in [1.82, 2.24) is 19.7 Å². The minimum Gasteiger partial charge on any atom is -0.348 e. The third kappa shape index (κ3) is 2.98. The number of nitrogens with one attached hydrogen (secondary N) is 1. The van der Waals surface area contributed by atoms with Crippen LogP contribution in [0.2, 0.25) is 0 Å². The number of carbonyl (C=O) groups excluding carboxylic acids is 1. The maximum Gasteiger partial charge on any atom is 0.270 e. The van der Waals surface area contributed by atoms with Gasteiger partial charge in [0.15, 0.2) is 5.65 Å². The summed E-state index contributed by atoms with van der Waals surface area (Å²) in [5.41, 5.74) is 1.34. The molecule has 3 aromatic rings. The first-order chi connectivity index (χ1) is 13.6. The van der Waals surface area contributed by atoms with E-state index in [4.69, 9.17) is 0 Å². The summed E-state index contributed by atoms with van der Waals surface area (Å²) in [5.74, 6) is -0.440. The van der Waals surface area contributed by atoms with E-state index in [1.165, 1.54) is 12.3 Å². The Morgan fingerprint density at radius 2 is 2.00 bits per heavy atom. The number of fused-ring (bicyclic) bond motifs is 1. The highest BCUT2D eigenvalue weighted by Crippen LogP contribution is 2.36. The van der Waals surface area contributed by atoms with Crippen LogP contribution in [-0.2, 0) is 0 Å². The Kier molecular flexibility index (Phi) is 3.99. The number of carbonyl (C=O) groups is 1. The van der Waals surface area contributed by atoms with Crippen molar-refractivity contribution in [2.24, 2.45) is 0 Å². The Bertz CT molecular complexity index is 1060. The summed E-state index contributed by atoms with van der Waals surface area (Å²) in [5, 5.41) is 2.96. The number of anilines is 1. The number of nitrogens with zero attached hydrogens (tertiary/aromatic N) is 4. The van der Waals surface area contributed by atoms with Gasteiger partial charge in [0.25, 0.3) is 5.91 Å². The fourth-order valence-corrected chi connectivity index (χ4v) is 3.82. The van der Waals surface area contributed by atoms with Gasteiger partial charge < -0.3 is 10.2 Å². The maximum atomic E-state index is 14.3. The number of rotatable bonds is 4. The van der Waals surface area contributed by atoms with Gasteiger partial charge >= 0.3 is 0 Å². The van der Waals surface area contributed by atoms with Crippen molar-refractivity contribution in [3.63, 3.8) is 0 Å². The Morgan fingerprint density at radius 3 is 2.82 bits per heavy atom. The van der Waals surface area contributed by atoms with Gasteiger partial charge in [-0.15, -0.1) is 0 Å². The lowest BCUT2D eigenvalue weighted by Gasteiger charge is -2.26. The van der Waals surface area contributed by atoms with Crippen LogP contribution in [0.1, 0.15) is 47.8 Å². The number of amides is 1. The Balaban J connectivity index is 1.51. The molecule has 0 unspecified atom stereocenters. The first-order valence-electron chi connectivity index (χ1n) is 9.46. The predicted molar refractivity (Wildman–Crippen MR) is 99.2 cm³/mol. The smallest absolute Gasteiger partial charge is 0.270 e. The van der Waals surface area contributed by atoms with Gasteiger partial charge in [-0.3, -0.25) is 9.20 Å². The molecule has 1 aromatic carbocycles. The summed E-state index contributed by atoms with van der Waals surface area (Å²) in [6.07, 6.45) is 8.44. The van der Waals surface area contributed by atoms with Crippen LogP contribution >= 0.6 is 0 Å². The largest absolute Gasteiger partial charge is 0.348 e. The fourth-order valence-electron chi connectivity index (χ4n) is 3.82. The summed E-state index contributed by atoms with van der Waals surface area (Å²) < 4.78 is 29.7. The van der Waals surface area contributed by atoms with Crippen molar-refractivity contribution >= 4 is 17.4 Å². The molecule has 1 atom stereocenters. The van der Waals surface area contributed by atoms with Crippen LogP contribution in [0.15, 0.2) is 36.8 Å². The number of benzene rings is 1. The standard InChI is InChI=1S/C20H19F2N5O/c21-12-3-6-15(22)14(8-12)16-2-1-7-26(16)19-11-27-17(9-23-18(27)10-24-19)20(28)25-13-4-5-13/h3,6,8-11,13,16H,1-2,4-5,7H2,(H,25,28)/t16-/m1/s1. The van der Waals surface area contributed by atoms with Crippen molar-refractivity contribution < 1.29 is 13.6 Å².